The molecule has 0 amide bonds. The maximum Gasteiger partial charge on any atom is 0.353 e. The van der Waals surface area contributed by atoms with Gasteiger partial charge in [-0.25, -0.2) is 14.4 Å². The zero-order valence-electron chi connectivity index (χ0n) is 17.4. The van der Waals surface area contributed by atoms with E-state index in [1.54, 1.807) is 18.2 Å². The molecule has 4 rings (SSSR count). The van der Waals surface area contributed by atoms with Crippen molar-refractivity contribution in [3.05, 3.63) is 75.9 Å². The Morgan fingerprint density at radius 1 is 1.03 bits per heavy atom. The number of rotatable bonds is 5. The van der Waals surface area contributed by atoms with Crippen LogP contribution in [0.3, 0.4) is 0 Å². The Kier molecular flexibility index (Phi) is 5.66. The number of aryl methyl sites for hydroxylation is 2. The van der Waals surface area contributed by atoms with Crippen molar-refractivity contribution < 1.29 is 9.31 Å². The molecule has 0 radical (unpaired) electrons. The number of aromatic nitrogens is 2. The highest BCUT2D eigenvalue weighted by atomic mass is 19.1. The lowest BCUT2D eigenvalue weighted by Gasteiger charge is -2.36. The van der Waals surface area contributed by atoms with Crippen LogP contribution in [0.5, 0.6) is 0 Å². The van der Waals surface area contributed by atoms with Crippen LogP contribution in [0.25, 0.3) is 0 Å². The molecule has 0 saturated carbocycles. The number of anilines is 4. The van der Waals surface area contributed by atoms with E-state index in [0.717, 1.165) is 16.8 Å². The average Bonchev–Trinajstić information content (AvgIpc) is 2.76. The minimum Gasteiger partial charge on any atom is -0.366 e. The van der Waals surface area contributed by atoms with Gasteiger partial charge in [0.1, 0.15) is 12.1 Å². The second kappa shape index (κ2) is 8.55. The largest absolute Gasteiger partial charge is 0.366 e. The van der Waals surface area contributed by atoms with Gasteiger partial charge in [0.05, 0.1) is 10.6 Å². The highest BCUT2D eigenvalue weighted by Crippen LogP contribution is 2.35. The lowest BCUT2D eigenvalue weighted by Crippen LogP contribution is -2.47. The van der Waals surface area contributed by atoms with Crippen molar-refractivity contribution in [1.29, 1.82) is 0 Å². The van der Waals surface area contributed by atoms with Crippen molar-refractivity contribution >= 4 is 28.7 Å². The maximum absolute atomic E-state index is 14.1. The lowest BCUT2D eigenvalue weighted by atomic mass is 10.1. The first kappa shape index (κ1) is 20.5. The molecule has 0 unspecified atom stereocenters. The van der Waals surface area contributed by atoms with Gasteiger partial charge in [0, 0.05) is 31.9 Å². The van der Waals surface area contributed by atoms with Gasteiger partial charge in [0.25, 0.3) is 0 Å². The van der Waals surface area contributed by atoms with Crippen molar-refractivity contribution in [2.75, 3.05) is 41.3 Å². The summed E-state index contributed by atoms with van der Waals surface area (Å²) in [7, 11) is 0. The number of nitro groups is 1. The molecule has 1 aliphatic rings. The molecule has 9 heteroatoms. The summed E-state index contributed by atoms with van der Waals surface area (Å²) in [6, 6.07) is 12.4. The number of nitrogens with zero attached hydrogens (tertiary/aromatic N) is 5. The second-order valence-electron chi connectivity index (χ2n) is 7.52. The van der Waals surface area contributed by atoms with Crippen molar-refractivity contribution in [2.24, 2.45) is 0 Å². The summed E-state index contributed by atoms with van der Waals surface area (Å²) in [5.41, 5.74) is 3.20. The highest BCUT2D eigenvalue weighted by molar-refractivity contribution is 5.75. The van der Waals surface area contributed by atoms with Crippen LogP contribution in [0.15, 0.2) is 48.8 Å². The van der Waals surface area contributed by atoms with Gasteiger partial charge in [-0.1, -0.05) is 29.8 Å². The van der Waals surface area contributed by atoms with Crippen molar-refractivity contribution in [2.45, 2.75) is 13.8 Å². The molecular weight excluding hydrogens is 399 g/mol. The number of para-hydroxylation sites is 1. The normalized spacial score (nSPS) is 13.9. The third-order valence-electron chi connectivity index (χ3n) is 5.39. The quantitative estimate of drug-likeness (QED) is 0.487. The smallest absolute Gasteiger partial charge is 0.353 e. The molecule has 0 atom stereocenters. The topological polar surface area (TPSA) is 87.4 Å². The van der Waals surface area contributed by atoms with Gasteiger partial charge in [-0.05, 0) is 37.6 Å². The number of halogens is 1. The Morgan fingerprint density at radius 3 is 2.42 bits per heavy atom. The summed E-state index contributed by atoms with van der Waals surface area (Å²) in [6.07, 6.45) is 1.33. The molecule has 0 aliphatic carbocycles. The van der Waals surface area contributed by atoms with Gasteiger partial charge in [-0.3, -0.25) is 10.1 Å². The fraction of sp³-hybridized carbons (Fsp3) is 0.273. The third-order valence-corrected chi connectivity index (χ3v) is 5.39. The second-order valence-corrected chi connectivity index (χ2v) is 7.52. The van der Waals surface area contributed by atoms with Gasteiger partial charge >= 0.3 is 5.69 Å². The van der Waals surface area contributed by atoms with Crippen LogP contribution in [0.1, 0.15) is 11.1 Å². The van der Waals surface area contributed by atoms with Crippen LogP contribution in [-0.2, 0) is 0 Å². The van der Waals surface area contributed by atoms with E-state index in [-0.39, 0.29) is 23.1 Å². The van der Waals surface area contributed by atoms with Crippen LogP contribution in [0.2, 0.25) is 0 Å². The van der Waals surface area contributed by atoms with Crippen LogP contribution in [0.4, 0.5) is 33.1 Å². The number of hydrogen-bond acceptors (Lipinski definition) is 7. The molecule has 31 heavy (non-hydrogen) atoms. The Morgan fingerprint density at radius 2 is 1.74 bits per heavy atom. The van der Waals surface area contributed by atoms with E-state index in [0.29, 0.717) is 31.9 Å². The molecule has 3 aromatic rings. The number of benzene rings is 2. The minimum atomic E-state index is -0.454. The fourth-order valence-corrected chi connectivity index (χ4v) is 3.81. The molecule has 2 aromatic carbocycles. The third kappa shape index (κ3) is 4.25. The van der Waals surface area contributed by atoms with E-state index in [2.05, 4.69) is 15.3 Å². The van der Waals surface area contributed by atoms with Crippen molar-refractivity contribution in [1.82, 2.24) is 9.97 Å². The first-order valence-electron chi connectivity index (χ1n) is 10.0. The molecule has 2 heterocycles. The number of hydrogen-bond donors (Lipinski definition) is 1. The van der Waals surface area contributed by atoms with E-state index in [9.17, 15) is 14.5 Å². The first-order chi connectivity index (χ1) is 14.9. The van der Waals surface area contributed by atoms with Crippen molar-refractivity contribution in [3.8, 4) is 0 Å². The Hall–Kier alpha value is -3.75. The van der Waals surface area contributed by atoms with Gasteiger partial charge in [-0.2, -0.15) is 0 Å². The van der Waals surface area contributed by atoms with Gasteiger partial charge in [0.15, 0.2) is 0 Å². The summed E-state index contributed by atoms with van der Waals surface area (Å²) < 4.78 is 14.1. The van der Waals surface area contributed by atoms with E-state index in [1.165, 1.54) is 12.4 Å². The molecule has 1 fully saturated rings. The van der Waals surface area contributed by atoms with E-state index >= 15 is 0 Å². The van der Waals surface area contributed by atoms with Gasteiger partial charge in [0.2, 0.25) is 11.6 Å². The number of nitrogens with one attached hydrogen (secondary N) is 1. The Bertz CT molecular complexity index is 1110. The minimum absolute atomic E-state index is 0.151. The van der Waals surface area contributed by atoms with E-state index < -0.39 is 4.92 Å². The molecule has 8 nitrogen and oxygen atoms in total. The molecule has 160 valence electrons. The molecule has 1 aliphatic heterocycles. The zero-order valence-corrected chi connectivity index (χ0v) is 17.4. The SMILES string of the molecule is Cc1ccc(Nc2ncnc(N3CCN(c4ccccc4F)CC3)c2[N+](=O)[O-])c(C)c1. The maximum atomic E-state index is 14.1. The van der Waals surface area contributed by atoms with Crippen LogP contribution < -0.4 is 15.1 Å². The zero-order chi connectivity index (χ0) is 22.0. The first-order valence-corrected chi connectivity index (χ1v) is 10.0. The standard InChI is InChI=1S/C22H23FN6O2/c1-15-7-8-18(16(2)13-15)26-21-20(29(30)31)22(25-14-24-21)28-11-9-27(10-12-28)19-6-4-3-5-17(19)23/h3-8,13-14H,9-12H2,1-2H3,(H,24,25,26). The summed E-state index contributed by atoms with van der Waals surface area (Å²) in [6.45, 7) is 5.95. The molecule has 0 spiro atoms. The predicted molar refractivity (Wildman–Crippen MR) is 119 cm³/mol. The fourth-order valence-electron chi connectivity index (χ4n) is 3.81. The lowest BCUT2D eigenvalue weighted by molar-refractivity contribution is -0.383. The molecular formula is C22H23FN6O2. The van der Waals surface area contributed by atoms with Gasteiger partial charge in [-0.15, -0.1) is 0 Å². The summed E-state index contributed by atoms with van der Waals surface area (Å²) in [4.78, 5) is 23.6. The summed E-state index contributed by atoms with van der Waals surface area (Å²) >= 11 is 0. The molecule has 1 aromatic heterocycles. The van der Waals surface area contributed by atoms with E-state index in [1.807, 2.05) is 41.8 Å². The average molecular weight is 422 g/mol. The summed E-state index contributed by atoms with van der Waals surface area (Å²) in [5.74, 6) is 0.142. The molecule has 1 saturated heterocycles. The number of piperazine rings is 1. The highest BCUT2D eigenvalue weighted by Gasteiger charge is 2.30. The molecule has 0 bridgehead atoms. The van der Waals surface area contributed by atoms with Crippen LogP contribution in [-0.4, -0.2) is 41.1 Å². The molecule has 1 N–H and O–H groups in total. The van der Waals surface area contributed by atoms with E-state index in [4.69, 9.17) is 0 Å². The predicted octanol–water partition coefficient (Wildman–Crippen LogP) is 4.21. The Labute approximate surface area is 179 Å². The van der Waals surface area contributed by atoms with Crippen LogP contribution >= 0.6 is 0 Å². The van der Waals surface area contributed by atoms with Crippen LogP contribution in [0, 0.1) is 29.8 Å². The summed E-state index contributed by atoms with van der Waals surface area (Å²) in [5, 5.41) is 15.0. The monoisotopic (exact) mass is 422 g/mol. The van der Waals surface area contributed by atoms with Gasteiger partial charge < -0.3 is 15.1 Å². The van der Waals surface area contributed by atoms with Crippen molar-refractivity contribution in [3.63, 3.8) is 0 Å². The Balaban J connectivity index is 1.58.